The summed E-state index contributed by atoms with van der Waals surface area (Å²) in [6.45, 7) is 14.1. The van der Waals surface area contributed by atoms with Gasteiger partial charge in [-0.15, -0.1) is 28.2 Å². The maximum absolute atomic E-state index is 11.7. The summed E-state index contributed by atoms with van der Waals surface area (Å²) in [5, 5.41) is 4.22. The lowest BCUT2D eigenvalue weighted by atomic mass is 10.0. The molecule has 0 unspecified atom stereocenters. The average Bonchev–Trinajstić information content (AvgIpc) is 3.46. The average molecular weight is 499 g/mol. The lowest BCUT2D eigenvalue weighted by Crippen LogP contribution is -2.43. The van der Waals surface area contributed by atoms with Crippen LogP contribution in [0.25, 0.3) is 11.6 Å². The summed E-state index contributed by atoms with van der Waals surface area (Å²) >= 11 is 3.48. The van der Waals surface area contributed by atoms with Gasteiger partial charge < -0.3 is 4.74 Å². The number of hydrogen-bond acceptors (Lipinski definition) is 4. The minimum atomic E-state index is -1.85. The van der Waals surface area contributed by atoms with E-state index in [1.54, 1.807) is 22.7 Å². The first-order valence-electron chi connectivity index (χ1n) is 11.8. The topological polar surface area (TPSA) is 26.3 Å². The van der Waals surface area contributed by atoms with Crippen LogP contribution >= 0.6 is 22.7 Å². The monoisotopic (exact) mass is 498 g/mol. The highest BCUT2D eigenvalue weighted by atomic mass is 32.1. The number of hydrogen-bond donors (Lipinski definition) is 0. The van der Waals surface area contributed by atoms with Gasteiger partial charge in [0, 0.05) is 21.7 Å². The van der Waals surface area contributed by atoms with Gasteiger partial charge in [0.25, 0.3) is 0 Å². The third kappa shape index (κ3) is 7.57. The third-order valence-corrected chi connectivity index (χ3v) is 14.4. The van der Waals surface area contributed by atoms with E-state index in [1.165, 1.54) is 22.4 Å². The Hall–Kier alpha value is -1.87. The summed E-state index contributed by atoms with van der Waals surface area (Å²) < 4.78 is 4.85. The number of esters is 1. The van der Waals surface area contributed by atoms with Crippen molar-refractivity contribution in [2.75, 3.05) is 7.11 Å². The summed E-state index contributed by atoms with van der Waals surface area (Å²) in [5.41, 5.74) is 7.91. The zero-order chi connectivity index (χ0) is 24.4. The smallest absolute Gasteiger partial charge is 0.305 e. The van der Waals surface area contributed by atoms with Crippen LogP contribution in [0.3, 0.4) is 0 Å². The molecule has 0 atom stereocenters. The minimum Gasteiger partial charge on any atom is -0.469 e. The Morgan fingerprint density at radius 2 is 1.64 bits per heavy atom. The Kier molecular flexibility index (Phi) is 10.9. The van der Waals surface area contributed by atoms with Crippen LogP contribution in [0, 0.1) is 11.5 Å². The molecule has 0 fully saturated rings. The minimum absolute atomic E-state index is 0.162. The van der Waals surface area contributed by atoms with Crippen LogP contribution < -0.4 is 0 Å². The second-order valence-electron chi connectivity index (χ2n) is 9.34. The summed E-state index contributed by atoms with van der Waals surface area (Å²) in [7, 11) is -0.397. The van der Waals surface area contributed by atoms with Gasteiger partial charge in [0.15, 0.2) is 0 Å². The van der Waals surface area contributed by atoms with Gasteiger partial charge in [-0.2, -0.15) is 0 Å². The number of carbonyl (C=O) groups excluding carboxylic acids is 1. The molecule has 2 rings (SSSR count). The normalized spacial score (nSPS) is 12.9. The van der Waals surface area contributed by atoms with Gasteiger partial charge in [0.2, 0.25) is 0 Å². The van der Waals surface area contributed by atoms with Crippen LogP contribution in [-0.2, 0) is 9.53 Å². The molecule has 5 heteroatoms. The molecule has 0 spiro atoms. The first-order valence-corrected chi connectivity index (χ1v) is 15.8. The Labute approximate surface area is 209 Å². The predicted octanol–water partition coefficient (Wildman–Crippen LogP) is 8.84. The molecular formula is C28H38O2S2Si. The van der Waals surface area contributed by atoms with Crippen LogP contribution in [0.2, 0.25) is 16.6 Å². The van der Waals surface area contributed by atoms with Crippen LogP contribution in [0.15, 0.2) is 46.7 Å². The van der Waals surface area contributed by atoms with E-state index in [-0.39, 0.29) is 5.97 Å². The van der Waals surface area contributed by atoms with Crippen molar-refractivity contribution in [2.24, 2.45) is 0 Å². The number of methoxy groups -OCH3 is 1. The maximum atomic E-state index is 11.7. The molecular weight excluding hydrogens is 461 g/mol. The lowest BCUT2D eigenvalue weighted by molar-refractivity contribution is -0.140. The second-order valence-corrected chi connectivity index (χ2v) is 16.8. The highest BCUT2D eigenvalue weighted by Gasteiger charge is 2.41. The van der Waals surface area contributed by atoms with Gasteiger partial charge in [0.1, 0.15) is 8.07 Å². The molecule has 0 aliphatic heterocycles. The van der Waals surface area contributed by atoms with E-state index < -0.39 is 8.07 Å². The maximum Gasteiger partial charge on any atom is 0.305 e. The fourth-order valence-electron chi connectivity index (χ4n) is 4.66. The van der Waals surface area contributed by atoms with Crippen molar-refractivity contribution >= 4 is 48.4 Å². The number of ether oxygens (including phenoxy) is 1. The van der Waals surface area contributed by atoms with Gasteiger partial charge in [0.05, 0.1) is 7.11 Å². The van der Waals surface area contributed by atoms with E-state index >= 15 is 0 Å². The Balaban J connectivity index is 2.54. The Bertz CT molecular complexity index is 963. The van der Waals surface area contributed by atoms with Crippen molar-refractivity contribution in [3.8, 4) is 11.5 Å². The van der Waals surface area contributed by atoms with Crippen LogP contribution in [0.4, 0.5) is 0 Å². The largest absolute Gasteiger partial charge is 0.469 e. The molecule has 0 aliphatic rings. The van der Waals surface area contributed by atoms with Crippen molar-refractivity contribution in [1.29, 1.82) is 0 Å². The van der Waals surface area contributed by atoms with E-state index in [2.05, 4.69) is 100 Å². The summed E-state index contributed by atoms with van der Waals surface area (Å²) in [6, 6.07) is 8.47. The SMILES string of the molecule is COC(=O)CCC/C(C#C[Si](C(C)C)(C(C)C)C(C)C)=C/C(=C/c1cccs1)c1cccs1. The number of carbonyl (C=O) groups is 1. The lowest BCUT2D eigenvalue weighted by Gasteiger charge is -2.38. The zero-order valence-corrected chi connectivity index (χ0v) is 23.7. The predicted molar refractivity (Wildman–Crippen MR) is 149 cm³/mol. The molecule has 0 saturated carbocycles. The highest BCUT2D eigenvalue weighted by molar-refractivity contribution is 7.12. The van der Waals surface area contributed by atoms with Crippen molar-refractivity contribution in [2.45, 2.75) is 77.4 Å². The number of rotatable bonds is 10. The van der Waals surface area contributed by atoms with E-state index in [4.69, 9.17) is 4.74 Å². The van der Waals surface area contributed by atoms with Crippen molar-refractivity contribution in [1.82, 2.24) is 0 Å². The van der Waals surface area contributed by atoms with Crippen LogP contribution in [0.1, 0.15) is 70.6 Å². The molecule has 0 aromatic carbocycles. The van der Waals surface area contributed by atoms with Crippen LogP contribution in [0.5, 0.6) is 0 Å². The first kappa shape index (κ1) is 27.4. The van der Waals surface area contributed by atoms with Gasteiger partial charge in [-0.25, -0.2) is 0 Å². The van der Waals surface area contributed by atoms with E-state index in [1.807, 2.05) is 0 Å². The van der Waals surface area contributed by atoms with E-state index in [9.17, 15) is 4.79 Å². The van der Waals surface area contributed by atoms with Gasteiger partial charge in [-0.1, -0.05) is 59.6 Å². The van der Waals surface area contributed by atoms with Crippen molar-refractivity contribution < 1.29 is 9.53 Å². The van der Waals surface area contributed by atoms with Gasteiger partial charge >= 0.3 is 5.97 Å². The summed E-state index contributed by atoms with van der Waals surface area (Å²) in [4.78, 5) is 14.2. The zero-order valence-electron chi connectivity index (χ0n) is 21.1. The quantitative estimate of drug-likeness (QED) is 0.141. The molecule has 0 N–H and O–H groups in total. The fourth-order valence-corrected chi connectivity index (χ4v) is 11.3. The first-order chi connectivity index (χ1) is 15.7. The molecule has 0 radical (unpaired) electrons. The molecule has 2 heterocycles. The van der Waals surface area contributed by atoms with Crippen LogP contribution in [-0.4, -0.2) is 21.2 Å². The molecule has 2 aromatic rings. The molecule has 2 nitrogen and oxygen atoms in total. The Morgan fingerprint density at radius 3 is 2.15 bits per heavy atom. The van der Waals surface area contributed by atoms with Crippen molar-refractivity contribution in [3.63, 3.8) is 0 Å². The highest BCUT2D eigenvalue weighted by Crippen LogP contribution is 2.41. The number of allylic oxidation sites excluding steroid dienone is 3. The second kappa shape index (κ2) is 13.1. The fraction of sp³-hybridized carbons (Fsp3) is 0.464. The van der Waals surface area contributed by atoms with Crippen molar-refractivity contribution in [3.05, 3.63) is 56.4 Å². The van der Waals surface area contributed by atoms with E-state index in [0.717, 1.165) is 18.4 Å². The Morgan fingerprint density at radius 1 is 1.00 bits per heavy atom. The molecule has 2 aromatic heterocycles. The summed E-state index contributed by atoms with van der Waals surface area (Å²) in [5.74, 6) is 3.49. The molecule has 0 aliphatic carbocycles. The standard InChI is InChI=1S/C28H38O2S2Si/c1-21(2)33(22(3)4,23(5)6)18-15-24(11-8-14-28(29)30-7)19-25(27-13-10-17-32-27)20-26-12-9-16-31-26/h9-10,12-13,16-17,19-23H,8,11,14H2,1-7H3/b24-19-,25-20-. The molecule has 0 bridgehead atoms. The molecule has 0 amide bonds. The number of thiophene rings is 2. The van der Waals surface area contributed by atoms with Gasteiger partial charge in [-0.3, -0.25) is 4.79 Å². The third-order valence-electron chi connectivity index (χ3n) is 6.34. The molecule has 33 heavy (non-hydrogen) atoms. The molecule has 178 valence electrons. The van der Waals surface area contributed by atoms with Gasteiger partial charge in [-0.05, 0) is 70.1 Å². The summed E-state index contributed by atoms with van der Waals surface area (Å²) in [6.07, 6.45) is 6.42. The van der Waals surface area contributed by atoms with E-state index in [0.29, 0.717) is 23.0 Å². The molecule has 0 saturated heterocycles.